The van der Waals surface area contributed by atoms with Crippen molar-refractivity contribution in [2.75, 3.05) is 16.4 Å². The zero-order valence-corrected chi connectivity index (χ0v) is 15.0. The van der Waals surface area contributed by atoms with E-state index in [0.29, 0.717) is 23.4 Å². The molecule has 2 amide bonds. The maximum Gasteiger partial charge on any atom is 0.225 e. The molecule has 0 aliphatic carbocycles. The Balaban J connectivity index is 1.76. The first-order valence-corrected chi connectivity index (χ1v) is 8.84. The van der Waals surface area contributed by atoms with Crippen molar-refractivity contribution >= 4 is 40.7 Å². The summed E-state index contributed by atoms with van der Waals surface area (Å²) in [6.07, 6.45) is 0.382. The standard InChI is InChI=1S/C19H20N2O3S/c1-13(22)15-3-5-17(6-4-15)21-19(24)11-12-25-18-9-7-16(8-10-18)20-14(2)23/h3-10H,11-12H2,1-2H3,(H,20,23)(H,21,24). The SMILES string of the molecule is CC(=O)Nc1ccc(SCCC(=O)Nc2ccc(C(C)=O)cc2)cc1. The smallest absolute Gasteiger partial charge is 0.225 e. The van der Waals surface area contributed by atoms with Gasteiger partial charge in [-0.3, -0.25) is 14.4 Å². The van der Waals surface area contributed by atoms with E-state index < -0.39 is 0 Å². The molecular formula is C19H20N2O3S. The summed E-state index contributed by atoms with van der Waals surface area (Å²) >= 11 is 1.58. The van der Waals surface area contributed by atoms with Crippen LogP contribution < -0.4 is 10.6 Å². The molecule has 2 aromatic rings. The van der Waals surface area contributed by atoms with Crippen LogP contribution in [0.15, 0.2) is 53.4 Å². The van der Waals surface area contributed by atoms with E-state index in [1.165, 1.54) is 13.8 Å². The number of Topliss-reactive ketones (excluding diaryl/α,β-unsaturated/α-hetero) is 1. The minimum atomic E-state index is -0.103. The molecule has 6 heteroatoms. The molecule has 0 bridgehead atoms. The third-order valence-corrected chi connectivity index (χ3v) is 4.36. The summed E-state index contributed by atoms with van der Waals surface area (Å²) in [4.78, 5) is 35.2. The zero-order chi connectivity index (χ0) is 18.2. The van der Waals surface area contributed by atoms with Gasteiger partial charge in [-0.15, -0.1) is 11.8 Å². The molecule has 2 rings (SSSR count). The fourth-order valence-electron chi connectivity index (χ4n) is 2.11. The summed E-state index contributed by atoms with van der Waals surface area (Å²) in [5.41, 5.74) is 2.06. The fourth-order valence-corrected chi connectivity index (χ4v) is 2.96. The number of anilines is 2. The molecule has 2 N–H and O–H groups in total. The highest BCUT2D eigenvalue weighted by Crippen LogP contribution is 2.21. The Kier molecular flexibility index (Phi) is 6.77. The molecule has 0 heterocycles. The number of benzene rings is 2. The van der Waals surface area contributed by atoms with Gasteiger partial charge in [0.25, 0.3) is 0 Å². The van der Waals surface area contributed by atoms with Crippen LogP contribution in [0.2, 0.25) is 0 Å². The molecule has 0 aliphatic rings. The van der Waals surface area contributed by atoms with E-state index in [1.807, 2.05) is 24.3 Å². The lowest BCUT2D eigenvalue weighted by Gasteiger charge is -2.07. The molecule has 0 unspecified atom stereocenters. The largest absolute Gasteiger partial charge is 0.326 e. The molecule has 0 aliphatic heterocycles. The predicted molar refractivity (Wildman–Crippen MR) is 101 cm³/mol. The Labute approximate surface area is 151 Å². The van der Waals surface area contributed by atoms with Gasteiger partial charge in [-0.05, 0) is 55.5 Å². The van der Waals surface area contributed by atoms with Crippen molar-refractivity contribution in [3.8, 4) is 0 Å². The number of hydrogen-bond acceptors (Lipinski definition) is 4. The summed E-state index contributed by atoms with van der Waals surface area (Å²) in [6.45, 7) is 2.97. The monoisotopic (exact) mass is 356 g/mol. The molecule has 2 aromatic carbocycles. The van der Waals surface area contributed by atoms with Crippen molar-refractivity contribution in [1.29, 1.82) is 0 Å². The number of hydrogen-bond donors (Lipinski definition) is 2. The van der Waals surface area contributed by atoms with Crippen molar-refractivity contribution in [2.24, 2.45) is 0 Å². The summed E-state index contributed by atoms with van der Waals surface area (Å²) < 4.78 is 0. The number of amides is 2. The first kappa shape index (κ1) is 18.7. The summed E-state index contributed by atoms with van der Waals surface area (Å²) in [6, 6.07) is 14.3. The Hall–Kier alpha value is -2.60. The van der Waals surface area contributed by atoms with Crippen LogP contribution >= 0.6 is 11.8 Å². The maximum atomic E-state index is 12.0. The van der Waals surface area contributed by atoms with Gasteiger partial charge in [0.2, 0.25) is 11.8 Å². The Morgan fingerprint density at radius 3 is 1.96 bits per heavy atom. The van der Waals surface area contributed by atoms with Crippen LogP contribution in [0.3, 0.4) is 0 Å². The molecule has 5 nitrogen and oxygen atoms in total. The van der Waals surface area contributed by atoms with Gasteiger partial charge in [0, 0.05) is 40.9 Å². The Morgan fingerprint density at radius 1 is 0.840 bits per heavy atom. The normalized spacial score (nSPS) is 10.2. The number of carbonyl (C=O) groups is 3. The van der Waals surface area contributed by atoms with Crippen LogP contribution in [0.1, 0.15) is 30.6 Å². The second-order valence-corrected chi connectivity index (χ2v) is 6.65. The molecule has 0 saturated heterocycles. The maximum absolute atomic E-state index is 12.0. The van der Waals surface area contributed by atoms with Gasteiger partial charge < -0.3 is 10.6 Å². The average molecular weight is 356 g/mol. The van der Waals surface area contributed by atoms with E-state index in [-0.39, 0.29) is 17.6 Å². The average Bonchev–Trinajstić information content (AvgIpc) is 2.56. The van der Waals surface area contributed by atoms with Gasteiger partial charge in [-0.25, -0.2) is 0 Å². The zero-order valence-electron chi connectivity index (χ0n) is 14.2. The first-order valence-electron chi connectivity index (χ1n) is 7.85. The molecule has 25 heavy (non-hydrogen) atoms. The summed E-state index contributed by atoms with van der Waals surface area (Å²) in [7, 11) is 0. The molecular weight excluding hydrogens is 336 g/mol. The highest BCUT2D eigenvalue weighted by atomic mass is 32.2. The number of rotatable bonds is 7. The van der Waals surface area contributed by atoms with Crippen LogP contribution in [-0.4, -0.2) is 23.4 Å². The van der Waals surface area contributed by atoms with Crippen molar-refractivity contribution in [2.45, 2.75) is 25.2 Å². The van der Waals surface area contributed by atoms with Crippen LogP contribution in [-0.2, 0) is 9.59 Å². The van der Waals surface area contributed by atoms with Gasteiger partial charge in [0.1, 0.15) is 0 Å². The lowest BCUT2D eigenvalue weighted by molar-refractivity contribution is -0.116. The molecule has 130 valence electrons. The van der Waals surface area contributed by atoms with Crippen LogP contribution in [0, 0.1) is 0 Å². The lowest BCUT2D eigenvalue weighted by atomic mass is 10.1. The third-order valence-electron chi connectivity index (χ3n) is 3.35. The van der Waals surface area contributed by atoms with Crippen molar-refractivity contribution in [3.05, 3.63) is 54.1 Å². The van der Waals surface area contributed by atoms with E-state index in [1.54, 1.807) is 36.0 Å². The summed E-state index contributed by atoms with van der Waals surface area (Å²) in [5.74, 6) is 0.474. The number of carbonyl (C=O) groups excluding carboxylic acids is 3. The Bertz CT molecular complexity index is 755. The first-order chi connectivity index (χ1) is 11.9. The molecule has 0 fully saturated rings. The number of ketones is 1. The second kappa shape index (κ2) is 9.03. The van der Waals surface area contributed by atoms with Crippen LogP contribution in [0.5, 0.6) is 0 Å². The Morgan fingerprint density at radius 2 is 1.40 bits per heavy atom. The minimum absolute atomic E-state index is 0.00111. The fraction of sp³-hybridized carbons (Fsp3) is 0.211. The van der Waals surface area contributed by atoms with E-state index in [0.717, 1.165) is 10.6 Å². The third kappa shape index (κ3) is 6.43. The number of nitrogens with one attached hydrogen (secondary N) is 2. The molecule has 0 radical (unpaired) electrons. The van der Waals surface area contributed by atoms with Gasteiger partial charge in [0.15, 0.2) is 5.78 Å². The van der Waals surface area contributed by atoms with Crippen molar-refractivity contribution in [3.63, 3.8) is 0 Å². The van der Waals surface area contributed by atoms with E-state index >= 15 is 0 Å². The van der Waals surface area contributed by atoms with E-state index in [9.17, 15) is 14.4 Å². The van der Waals surface area contributed by atoms with Crippen molar-refractivity contribution < 1.29 is 14.4 Å². The molecule has 0 aromatic heterocycles. The topological polar surface area (TPSA) is 75.3 Å². The quantitative estimate of drug-likeness (QED) is 0.581. The number of thioether (sulfide) groups is 1. The predicted octanol–water partition coefficient (Wildman–Crippen LogP) is 3.97. The molecule has 0 atom stereocenters. The highest BCUT2D eigenvalue weighted by Gasteiger charge is 2.05. The second-order valence-electron chi connectivity index (χ2n) is 5.49. The molecule has 0 spiro atoms. The van der Waals surface area contributed by atoms with Gasteiger partial charge >= 0.3 is 0 Å². The lowest BCUT2D eigenvalue weighted by Crippen LogP contribution is -2.12. The highest BCUT2D eigenvalue weighted by molar-refractivity contribution is 7.99. The van der Waals surface area contributed by atoms with Gasteiger partial charge in [-0.2, -0.15) is 0 Å². The van der Waals surface area contributed by atoms with Gasteiger partial charge in [0.05, 0.1) is 0 Å². The van der Waals surface area contributed by atoms with Crippen molar-refractivity contribution in [1.82, 2.24) is 0 Å². The van der Waals surface area contributed by atoms with Crippen LogP contribution in [0.25, 0.3) is 0 Å². The van der Waals surface area contributed by atoms with E-state index in [2.05, 4.69) is 10.6 Å². The van der Waals surface area contributed by atoms with Gasteiger partial charge in [-0.1, -0.05) is 0 Å². The minimum Gasteiger partial charge on any atom is -0.326 e. The summed E-state index contributed by atoms with van der Waals surface area (Å²) in [5, 5.41) is 5.53. The van der Waals surface area contributed by atoms with Crippen LogP contribution in [0.4, 0.5) is 11.4 Å². The molecule has 0 saturated carbocycles. The van der Waals surface area contributed by atoms with E-state index in [4.69, 9.17) is 0 Å².